The maximum atomic E-state index is 6.12. The van der Waals surface area contributed by atoms with Gasteiger partial charge in [-0.1, -0.05) is 29.1 Å². The summed E-state index contributed by atoms with van der Waals surface area (Å²) in [6, 6.07) is 14.1. The molecular weight excluding hydrogens is 308 g/mol. The van der Waals surface area contributed by atoms with E-state index in [0.717, 1.165) is 16.9 Å². The van der Waals surface area contributed by atoms with Crippen LogP contribution in [0.15, 0.2) is 42.5 Å². The lowest BCUT2D eigenvalue weighted by Crippen LogP contribution is -2.55. The Morgan fingerprint density at radius 2 is 1.04 bits per heavy atom. The molecule has 0 aliphatic heterocycles. The maximum absolute atomic E-state index is 6.12. The molecule has 3 aromatic carbocycles. The van der Waals surface area contributed by atoms with Crippen LogP contribution < -0.4 is 32.6 Å². The summed E-state index contributed by atoms with van der Waals surface area (Å²) in [6.07, 6.45) is 0. The first-order valence-corrected chi connectivity index (χ1v) is 8.25. The molecule has 0 spiro atoms. The molecule has 10 radical (unpaired) electrons. The number of rotatable bonds is 3. The van der Waals surface area contributed by atoms with Crippen molar-refractivity contribution in [1.82, 2.24) is 0 Å². The molecule has 114 valence electrons. The van der Waals surface area contributed by atoms with Crippen molar-refractivity contribution < 1.29 is 0 Å². The van der Waals surface area contributed by atoms with E-state index in [-0.39, 0.29) is 16.4 Å². The molecule has 0 bridgehead atoms. The minimum atomic E-state index is 0.219. The monoisotopic (exact) mass is 323 g/mol. The lowest BCUT2D eigenvalue weighted by atomic mass is 9.60. The predicted octanol–water partition coefficient (Wildman–Crippen LogP) is -0.317. The van der Waals surface area contributed by atoms with Crippen molar-refractivity contribution in [1.29, 1.82) is 0 Å². The largest absolute Gasteiger partial charge is 0.356 e. The van der Waals surface area contributed by atoms with Crippen LogP contribution in [0.25, 0.3) is 11.1 Å². The summed E-state index contributed by atoms with van der Waals surface area (Å²) >= 11 is 0. The van der Waals surface area contributed by atoms with E-state index in [2.05, 4.69) is 37.4 Å². The molecule has 0 saturated carbocycles. The fraction of sp³-hybridized carbons (Fsp3) is 0.100. The summed E-state index contributed by atoms with van der Waals surface area (Å²) in [5.74, 6) is 0. The van der Waals surface area contributed by atoms with Crippen LogP contribution in [0.3, 0.4) is 0 Å². The van der Waals surface area contributed by atoms with Crippen LogP contribution in [0.1, 0.15) is 11.1 Å². The first-order chi connectivity index (χ1) is 12.3. The van der Waals surface area contributed by atoms with Crippen molar-refractivity contribution in [3.63, 3.8) is 0 Å². The van der Waals surface area contributed by atoms with Gasteiger partial charge in [0.05, 0.1) is 0 Å². The summed E-state index contributed by atoms with van der Waals surface area (Å²) in [6.45, 7) is 4.14. The average Bonchev–Trinajstić information content (AvgIpc) is 2.59. The molecule has 1 N–H and O–H groups in total. The van der Waals surface area contributed by atoms with Crippen LogP contribution in [0, 0.1) is 13.8 Å². The second-order valence-corrected chi connectivity index (χ2v) is 6.52. The minimum Gasteiger partial charge on any atom is -0.356 e. The second kappa shape index (κ2) is 7.19. The Bertz CT molecular complexity index is 931. The normalized spacial score (nSPS) is 10.7. The van der Waals surface area contributed by atoms with E-state index < -0.39 is 0 Å². The van der Waals surface area contributed by atoms with Crippen molar-refractivity contribution >= 4 is 77.9 Å². The van der Waals surface area contributed by atoms with Crippen molar-refractivity contribution in [2.24, 2.45) is 0 Å². The highest BCUT2D eigenvalue weighted by Gasteiger charge is 2.12. The van der Waals surface area contributed by atoms with E-state index in [4.69, 9.17) is 39.2 Å². The van der Waals surface area contributed by atoms with Crippen molar-refractivity contribution in [3.8, 4) is 11.1 Å². The zero-order valence-electron chi connectivity index (χ0n) is 14.9. The number of benzene rings is 3. The van der Waals surface area contributed by atoms with E-state index in [0.29, 0.717) is 16.5 Å². The molecule has 0 atom stereocenters. The highest BCUT2D eigenvalue weighted by atomic mass is 14.9. The van der Waals surface area contributed by atoms with Gasteiger partial charge in [-0.2, -0.15) is 0 Å². The van der Waals surface area contributed by atoms with Gasteiger partial charge in [-0.3, -0.25) is 0 Å². The van der Waals surface area contributed by atoms with Crippen LogP contribution in [-0.2, 0) is 0 Å². The number of anilines is 2. The summed E-state index contributed by atoms with van der Waals surface area (Å²) in [7, 11) is 30.0. The van der Waals surface area contributed by atoms with E-state index in [1.54, 1.807) is 0 Å². The molecule has 0 fully saturated rings. The standard InChI is InChI=1S/C20H14B5N/c1-10-7-11(2)9-14(8-10)26-13-5-3-12(4-6-13)15-16(21)18(23)20(25)19(24)17(15)22/h3-9,26H,1-2H3. The van der Waals surface area contributed by atoms with Crippen molar-refractivity contribution in [2.45, 2.75) is 13.8 Å². The third kappa shape index (κ3) is 3.51. The number of hydrogen-bond donors (Lipinski definition) is 1. The fourth-order valence-electron chi connectivity index (χ4n) is 3.09. The molecule has 0 aromatic heterocycles. The highest BCUT2D eigenvalue weighted by Crippen LogP contribution is 2.22. The summed E-state index contributed by atoms with van der Waals surface area (Å²) in [5.41, 5.74) is 7.23. The fourth-order valence-corrected chi connectivity index (χ4v) is 3.09. The topological polar surface area (TPSA) is 12.0 Å². The molecule has 0 aliphatic carbocycles. The zero-order valence-corrected chi connectivity index (χ0v) is 14.9. The van der Waals surface area contributed by atoms with Gasteiger partial charge in [0.25, 0.3) is 0 Å². The van der Waals surface area contributed by atoms with E-state index in [1.807, 2.05) is 24.3 Å². The van der Waals surface area contributed by atoms with Gasteiger partial charge in [0.2, 0.25) is 0 Å². The Balaban J connectivity index is 1.96. The SMILES string of the molecule is [B]c1c([B])c([B])c(-c2ccc(Nc3cc(C)cc(C)c3)cc2)c([B])c1[B]. The first kappa shape index (κ1) is 18.6. The lowest BCUT2D eigenvalue weighted by molar-refractivity contribution is 1.37. The molecule has 26 heavy (non-hydrogen) atoms. The molecule has 3 aromatic rings. The van der Waals surface area contributed by atoms with Crippen LogP contribution in [-0.4, -0.2) is 39.2 Å². The average molecular weight is 322 g/mol. The van der Waals surface area contributed by atoms with Gasteiger partial charge < -0.3 is 5.32 Å². The highest BCUT2D eigenvalue weighted by molar-refractivity contribution is 6.68. The third-order valence-electron chi connectivity index (χ3n) is 4.38. The quantitative estimate of drug-likeness (QED) is 0.652. The summed E-state index contributed by atoms with van der Waals surface area (Å²) < 4.78 is 0. The van der Waals surface area contributed by atoms with Gasteiger partial charge in [0, 0.05) is 11.4 Å². The molecule has 6 heteroatoms. The van der Waals surface area contributed by atoms with Crippen LogP contribution in [0.4, 0.5) is 11.4 Å². The predicted molar refractivity (Wildman–Crippen MR) is 118 cm³/mol. The second-order valence-electron chi connectivity index (χ2n) is 6.52. The van der Waals surface area contributed by atoms with E-state index in [9.17, 15) is 0 Å². The number of nitrogens with one attached hydrogen (secondary N) is 1. The summed E-state index contributed by atoms with van der Waals surface area (Å²) in [5, 5.41) is 3.39. The van der Waals surface area contributed by atoms with Crippen LogP contribution in [0.5, 0.6) is 0 Å². The Kier molecular flexibility index (Phi) is 5.13. The minimum absolute atomic E-state index is 0.219. The van der Waals surface area contributed by atoms with Gasteiger partial charge in [-0.25, -0.2) is 0 Å². The molecular formula is C20H14B5N. The Hall–Kier alpha value is -2.22. The van der Waals surface area contributed by atoms with Gasteiger partial charge >= 0.3 is 0 Å². The third-order valence-corrected chi connectivity index (χ3v) is 4.38. The Labute approximate surface area is 162 Å². The van der Waals surface area contributed by atoms with Gasteiger partial charge in [0.1, 0.15) is 39.2 Å². The first-order valence-electron chi connectivity index (χ1n) is 8.25. The molecule has 3 rings (SSSR count). The van der Waals surface area contributed by atoms with Crippen molar-refractivity contribution in [2.75, 3.05) is 5.32 Å². The molecule has 0 heterocycles. The maximum Gasteiger partial charge on any atom is 0.113 e. The number of hydrogen-bond acceptors (Lipinski definition) is 1. The zero-order chi connectivity index (χ0) is 19.0. The summed E-state index contributed by atoms with van der Waals surface area (Å²) in [4.78, 5) is 0. The van der Waals surface area contributed by atoms with Gasteiger partial charge in [-0.05, 0) is 60.4 Å². The van der Waals surface area contributed by atoms with Gasteiger partial charge in [0.15, 0.2) is 0 Å². The smallest absolute Gasteiger partial charge is 0.113 e. The van der Waals surface area contributed by atoms with Gasteiger partial charge in [-0.15, -0.1) is 16.4 Å². The Morgan fingerprint density at radius 3 is 1.54 bits per heavy atom. The van der Waals surface area contributed by atoms with Crippen LogP contribution in [0.2, 0.25) is 0 Å². The lowest BCUT2D eigenvalue weighted by Gasteiger charge is -2.21. The number of aryl methyl sites for hydroxylation is 2. The molecule has 0 saturated heterocycles. The molecule has 0 amide bonds. The van der Waals surface area contributed by atoms with Crippen LogP contribution >= 0.6 is 0 Å². The van der Waals surface area contributed by atoms with E-state index in [1.165, 1.54) is 11.1 Å². The van der Waals surface area contributed by atoms with Crippen molar-refractivity contribution in [3.05, 3.63) is 53.6 Å². The molecule has 0 unspecified atom stereocenters. The van der Waals surface area contributed by atoms with E-state index >= 15 is 0 Å². The Morgan fingerprint density at radius 1 is 0.577 bits per heavy atom. The molecule has 0 aliphatic rings. The molecule has 1 nitrogen and oxygen atoms in total.